The number of likely N-dealkylation sites (tertiary alicyclic amines) is 1. The number of piperidine rings is 1. The molecule has 1 saturated heterocycles. The maximum absolute atomic E-state index is 12.0. The van der Waals surface area contributed by atoms with Crippen LogP contribution in [0.25, 0.3) is 0 Å². The van der Waals surface area contributed by atoms with Crippen molar-refractivity contribution in [1.29, 1.82) is 0 Å². The third kappa shape index (κ3) is 3.18. The Bertz CT molecular complexity index is 221. The zero-order valence-corrected chi connectivity index (χ0v) is 11.3. The molecule has 0 radical (unpaired) electrons. The van der Waals surface area contributed by atoms with Gasteiger partial charge in [0.05, 0.1) is 17.5 Å². The summed E-state index contributed by atoms with van der Waals surface area (Å²) in [6.07, 6.45) is 2.03. The van der Waals surface area contributed by atoms with E-state index < -0.39 is 0 Å². The molecule has 0 aliphatic carbocycles. The highest BCUT2D eigenvalue weighted by Gasteiger charge is 2.32. The lowest BCUT2D eigenvalue weighted by Gasteiger charge is -2.38. The second-order valence-corrected chi connectivity index (χ2v) is 5.51. The molecule has 3 nitrogen and oxygen atoms in total. The smallest absolute Gasteiger partial charge is 0.236 e. The van der Waals surface area contributed by atoms with Gasteiger partial charge in [-0.15, -0.1) is 0 Å². The maximum Gasteiger partial charge on any atom is 0.236 e. The number of hydrogen-bond acceptors (Lipinski definition) is 2. The Kier molecular flexibility index (Phi) is 5.06. The minimum Gasteiger partial charge on any atom is -0.383 e. The van der Waals surface area contributed by atoms with Gasteiger partial charge in [-0.05, 0) is 18.8 Å². The van der Waals surface area contributed by atoms with Crippen molar-refractivity contribution in [2.24, 2.45) is 5.92 Å². The van der Waals surface area contributed by atoms with Crippen molar-refractivity contribution in [2.45, 2.75) is 37.6 Å². The SMILES string of the molecule is COCC(C(C)C)N1CCCC(Br)C1=O. The number of carbonyl (C=O) groups is 1. The molecule has 1 aliphatic heterocycles. The zero-order valence-electron chi connectivity index (χ0n) is 9.70. The Morgan fingerprint density at radius 1 is 1.60 bits per heavy atom. The maximum atomic E-state index is 12.0. The highest BCUT2D eigenvalue weighted by Crippen LogP contribution is 2.23. The fourth-order valence-corrected chi connectivity index (χ4v) is 2.58. The molecule has 0 bridgehead atoms. The Balaban J connectivity index is 2.68. The summed E-state index contributed by atoms with van der Waals surface area (Å²) in [5.74, 6) is 0.656. The molecule has 0 aromatic carbocycles. The molecule has 1 heterocycles. The molecule has 15 heavy (non-hydrogen) atoms. The van der Waals surface area contributed by atoms with Crippen molar-refractivity contribution in [3.05, 3.63) is 0 Å². The number of hydrogen-bond donors (Lipinski definition) is 0. The standard InChI is InChI=1S/C11H20BrNO2/c1-8(2)10(7-15-3)13-6-4-5-9(12)11(13)14/h8-10H,4-7H2,1-3H3. The number of nitrogens with zero attached hydrogens (tertiary/aromatic N) is 1. The van der Waals surface area contributed by atoms with Gasteiger partial charge in [-0.25, -0.2) is 0 Å². The first-order valence-electron chi connectivity index (χ1n) is 5.51. The van der Waals surface area contributed by atoms with Crippen LogP contribution in [0.5, 0.6) is 0 Å². The second-order valence-electron chi connectivity index (χ2n) is 4.41. The molecule has 1 aliphatic rings. The summed E-state index contributed by atoms with van der Waals surface area (Å²) in [7, 11) is 1.69. The summed E-state index contributed by atoms with van der Waals surface area (Å²) in [5.41, 5.74) is 0. The van der Waals surface area contributed by atoms with E-state index in [2.05, 4.69) is 29.8 Å². The van der Waals surface area contributed by atoms with Gasteiger partial charge in [-0.1, -0.05) is 29.8 Å². The molecular weight excluding hydrogens is 258 g/mol. The molecule has 0 spiro atoms. The molecule has 1 rings (SSSR count). The topological polar surface area (TPSA) is 29.5 Å². The fraction of sp³-hybridized carbons (Fsp3) is 0.909. The molecule has 1 amide bonds. The Morgan fingerprint density at radius 2 is 2.27 bits per heavy atom. The fourth-order valence-electron chi connectivity index (χ4n) is 2.00. The average Bonchev–Trinajstić information content (AvgIpc) is 2.19. The van der Waals surface area contributed by atoms with E-state index in [1.807, 2.05) is 4.90 Å². The van der Waals surface area contributed by atoms with Gasteiger partial charge in [0.25, 0.3) is 0 Å². The second kappa shape index (κ2) is 5.85. The van der Waals surface area contributed by atoms with Crippen molar-refractivity contribution in [3.63, 3.8) is 0 Å². The van der Waals surface area contributed by atoms with Gasteiger partial charge < -0.3 is 9.64 Å². The summed E-state index contributed by atoms with van der Waals surface area (Å²) in [6, 6.07) is 0.211. The molecule has 88 valence electrons. The number of ether oxygens (including phenoxy) is 1. The van der Waals surface area contributed by atoms with Gasteiger partial charge in [0, 0.05) is 13.7 Å². The van der Waals surface area contributed by atoms with Crippen LogP contribution in [0.15, 0.2) is 0 Å². The summed E-state index contributed by atoms with van der Waals surface area (Å²) in [5, 5.41) is 0. The van der Waals surface area contributed by atoms with Crippen molar-refractivity contribution in [3.8, 4) is 0 Å². The summed E-state index contributed by atoms with van der Waals surface area (Å²) < 4.78 is 5.19. The predicted octanol–water partition coefficient (Wildman–Crippen LogP) is 2.04. The van der Waals surface area contributed by atoms with Crippen LogP contribution in [-0.2, 0) is 9.53 Å². The van der Waals surface area contributed by atoms with Crippen LogP contribution < -0.4 is 0 Å². The minimum absolute atomic E-state index is 0.00403. The number of alkyl halides is 1. The third-order valence-electron chi connectivity index (χ3n) is 2.91. The normalized spacial score (nSPS) is 24.7. The van der Waals surface area contributed by atoms with E-state index in [-0.39, 0.29) is 16.8 Å². The van der Waals surface area contributed by atoms with E-state index in [9.17, 15) is 4.79 Å². The molecule has 0 aromatic rings. The lowest BCUT2D eigenvalue weighted by Crippen LogP contribution is -2.51. The minimum atomic E-state index is 0.00403. The van der Waals surface area contributed by atoms with E-state index in [1.165, 1.54) is 0 Å². The Morgan fingerprint density at radius 3 is 2.80 bits per heavy atom. The van der Waals surface area contributed by atoms with Crippen molar-refractivity contribution in [1.82, 2.24) is 4.90 Å². The quantitative estimate of drug-likeness (QED) is 0.736. The molecule has 4 heteroatoms. The van der Waals surface area contributed by atoms with Crippen LogP contribution in [0.4, 0.5) is 0 Å². The Hall–Kier alpha value is -0.0900. The average molecular weight is 278 g/mol. The predicted molar refractivity (Wildman–Crippen MR) is 64.2 cm³/mol. The van der Waals surface area contributed by atoms with E-state index in [1.54, 1.807) is 7.11 Å². The van der Waals surface area contributed by atoms with Crippen LogP contribution in [0, 0.1) is 5.92 Å². The number of rotatable bonds is 4. The van der Waals surface area contributed by atoms with Gasteiger partial charge in [0.1, 0.15) is 0 Å². The van der Waals surface area contributed by atoms with E-state index in [0.29, 0.717) is 12.5 Å². The molecule has 0 saturated carbocycles. The van der Waals surface area contributed by atoms with E-state index in [4.69, 9.17) is 4.74 Å². The molecule has 2 unspecified atom stereocenters. The zero-order chi connectivity index (χ0) is 11.4. The molecular formula is C11H20BrNO2. The molecule has 2 atom stereocenters. The van der Waals surface area contributed by atoms with Crippen LogP contribution in [0.1, 0.15) is 26.7 Å². The third-order valence-corrected chi connectivity index (χ3v) is 3.76. The van der Waals surface area contributed by atoms with Crippen LogP contribution in [-0.4, -0.2) is 41.9 Å². The first-order valence-corrected chi connectivity index (χ1v) is 6.43. The molecule has 1 fully saturated rings. The number of halogens is 1. The lowest BCUT2D eigenvalue weighted by atomic mass is 9.99. The van der Waals surface area contributed by atoms with Crippen LogP contribution in [0.2, 0.25) is 0 Å². The first-order chi connectivity index (χ1) is 7.07. The number of amides is 1. The van der Waals surface area contributed by atoms with Crippen LogP contribution in [0.3, 0.4) is 0 Å². The van der Waals surface area contributed by atoms with Crippen molar-refractivity contribution < 1.29 is 9.53 Å². The van der Waals surface area contributed by atoms with Gasteiger partial charge in [0.2, 0.25) is 5.91 Å². The van der Waals surface area contributed by atoms with Gasteiger partial charge >= 0.3 is 0 Å². The van der Waals surface area contributed by atoms with Crippen LogP contribution >= 0.6 is 15.9 Å². The van der Waals surface area contributed by atoms with Gasteiger partial charge in [-0.3, -0.25) is 4.79 Å². The largest absolute Gasteiger partial charge is 0.383 e. The van der Waals surface area contributed by atoms with Crippen molar-refractivity contribution in [2.75, 3.05) is 20.3 Å². The van der Waals surface area contributed by atoms with Gasteiger partial charge in [0.15, 0.2) is 0 Å². The first kappa shape index (κ1) is 13.0. The summed E-state index contributed by atoms with van der Waals surface area (Å²) in [4.78, 5) is 13.9. The van der Waals surface area contributed by atoms with Gasteiger partial charge in [-0.2, -0.15) is 0 Å². The van der Waals surface area contributed by atoms with Crippen molar-refractivity contribution >= 4 is 21.8 Å². The highest BCUT2D eigenvalue weighted by atomic mass is 79.9. The molecule has 0 N–H and O–H groups in total. The van der Waals surface area contributed by atoms with E-state index >= 15 is 0 Å². The van der Waals surface area contributed by atoms with E-state index in [0.717, 1.165) is 19.4 Å². The summed E-state index contributed by atoms with van der Waals surface area (Å²) >= 11 is 3.43. The number of carbonyl (C=O) groups excluding carboxylic acids is 1. The monoisotopic (exact) mass is 277 g/mol. The highest BCUT2D eigenvalue weighted by molar-refractivity contribution is 9.10. The Labute approximate surface area is 100 Å². The molecule has 0 aromatic heterocycles. The lowest BCUT2D eigenvalue weighted by molar-refractivity contribution is -0.137. The number of methoxy groups -OCH3 is 1. The summed E-state index contributed by atoms with van der Waals surface area (Å²) in [6.45, 7) is 5.76.